The minimum atomic E-state index is -3.52. The molecule has 2 aliphatic heterocycles. The van der Waals surface area contributed by atoms with Crippen LogP contribution in [0.15, 0.2) is 79.0 Å². The molecule has 0 aliphatic carbocycles. The SMILES string of the molecule is C[C@H](O)C(=O)Nc1ccc(CN2C(=O)[C@@]3(O[C@@H](CCn4cc(C(CO)c5ccccc5)nn4)[C@H]([Si](C)(C)F)[C@H]3C)c3cc([N+](=O)[O-])ccc32)cc1. The summed E-state index contributed by atoms with van der Waals surface area (Å²) in [5.74, 6) is -2.02. The molecule has 268 valence electrons. The number of hydrogen-bond acceptors (Lipinski definition) is 9. The van der Waals surface area contributed by atoms with Gasteiger partial charge in [0.05, 0.1) is 41.5 Å². The summed E-state index contributed by atoms with van der Waals surface area (Å²) in [4.78, 5) is 39.6. The number of nitro benzene ring substituents is 1. The summed E-state index contributed by atoms with van der Waals surface area (Å²) in [6, 6.07) is 20.5. The van der Waals surface area contributed by atoms with E-state index in [0.29, 0.717) is 41.2 Å². The lowest BCUT2D eigenvalue weighted by molar-refractivity contribution is -0.385. The second-order valence-electron chi connectivity index (χ2n) is 13.8. The van der Waals surface area contributed by atoms with Gasteiger partial charge in [-0.15, -0.1) is 5.10 Å². The lowest BCUT2D eigenvalue weighted by atomic mass is 9.82. The van der Waals surface area contributed by atoms with Crippen molar-refractivity contribution in [2.45, 2.75) is 75.7 Å². The van der Waals surface area contributed by atoms with E-state index in [1.165, 1.54) is 30.0 Å². The van der Waals surface area contributed by atoms with Gasteiger partial charge in [0.1, 0.15) is 6.10 Å². The van der Waals surface area contributed by atoms with Crippen LogP contribution in [0.3, 0.4) is 0 Å². The molecule has 2 aliphatic rings. The fraction of sp³-hybridized carbons (Fsp3) is 0.389. The van der Waals surface area contributed by atoms with Crippen LogP contribution in [-0.2, 0) is 33.0 Å². The van der Waals surface area contributed by atoms with Crippen molar-refractivity contribution < 1.29 is 33.6 Å². The number of carbonyl (C=O) groups excluding carboxylic acids is 2. The van der Waals surface area contributed by atoms with E-state index in [0.717, 1.165) is 5.56 Å². The van der Waals surface area contributed by atoms with E-state index < -0.39 is 54.4 Å². The number of carbonyl (C=O) groups is 2. The topological polar surface area (TPSA) is 173 Å². The molecule has 0 radical (unpaired) electrons. The van der Waals surface area contributed by atoms with E-state index >= 15 is 4.11 Å². The van der Waals surface area contributed by atoms with E-state index in [2.05, 4.69) is 15.6 Å². The summed E-state index contributed by atoms with van der Waals surface area (Å²) in [5, 5.41) is 42.8. The number of hydrogen-bond donors (Lipinski definition) is 3. The lowest BCUT2D eigenvalue weighted by Crippen LogP contribution is -2.45. The predicted molar refractivity (Wildman–Crippen MR) is 189 cm³/mol. The van der Waals surface area contributed by atoms with Gasteiger partial charge in [0, 0.05) is 47.6 Å². The van der Waals surface area contributed by atoms with Crippen molar-refractivity contribution in [1.29, 1.82) is 0 Å². The van der Waals surface area contributed by atoms with E-state index in [1.54, 1.807) is 55.2 Å². The Morgan fingerprint density at radius 2 is 1.86 bits per heavy atom. The third kappa shape index (κ3) is 6.81. The van der Waals surface area contributed by atoms with Gasteiger partial charge in [-0.25, -0.2) is 0 Å². The van der Waals surface area contributed by atoms with Gasteiger partial charge in [0.15, 0.2) is 5.60 Å². The number of aliphatic hydroxyl groups is 2. The molecule has 4 aromatic rings. The third-order valence-electron chi connectivity index (χ3n) is 10.0. The van der Waals surface area contributed by atoms with Gasteiger partial charge in [-0.3, -0.25) is 24.4 Å². The molecule has 1 aromatic heterocycles. The molecule has 51 heavy (non-hydrogen) atoms. The van der Waals surface area contributed by atoms with Crippen LogP contribution >= 0.6 is 0 Å². The smallest absolute Gasteiger partial charge is 0.269 e. The van der Waals surface area contributed by atoms with Crippen molar-refractivity contribution in [3.63, 3.8) is 0 Å². The standard InChI is InChI=1S/C36H41FN6O7Si/c1-22-33(51(3,4)37)32(16-17-41-20-30(39-40-41)28(21-44)25-8-6-5-7-9-25)50-36(22)29-18-27(43(48)49)14-15-31(29)42(35(36)47)19-24-10-12-26(13-11-24)38-34(46)23(2)45/h5-15,18,20,22-23,28,32-33,44-45H,16-17,19,21H2,1-4H3,(H,38,46)/t22-,23+,28?,32+,33-,36+/m1/s1. The molecule has 3 N–H and O–H groups in total. The van der Waals surface area contributed by atoms with E-state index in [-0.39, 0.29) is 24.8 Å². The number of non-ortho nitro benzene ring substituents is 1. The number of aryl methyl sites for hydroxylation is 1. The number of nitrogens with zero attached hydrogens (tertiary/aromatic N) is 5. The molecule has 0 bridgehead atoms. The molecule has 15 heteroatoms. The van der Waals surface area contributed by atoms with Gasteiger partial charge in [-0.2, -0.15) is 0 Å². The zero-order valence-corrected chi connectivity index (χ0v) is 29.8. The number of anilines is 2. The van der Waals surface area contributed by atoms with Gasteiger partial charge in [-0.05, 0) is 55.8 Å². The quantitative estimate of drug-likeness (QED) is 0.0786. The van der Waals surface area contributed by atoms with Crippen LogP contribution in [0.1, 0.15) is 48.6 Å². The first-order chi connectivity index (χ1) is 24.2. The van der Waals surface area contributed by atoms with Crippen LogP contribution in [-0.4, -0.2) is 69.2 Å². The summed E-state index contributed by atoms with van der Waals surface area (Å²) in [5.41, 5.74) is 0.907. The molecule has 3 heterocycles. The fourth-order valence-electron chi connectivity index (χ4n) is 7.60. The summed E-state index contributed by atoms with van der Waals surface area (Å²) >= 11 is 0. The number of halogens is 1. The number of fused-ring (bicyclic) bond motifs is 2. The van der Waals surface area contributed by atoms with Gasteiger partial charge in [0.2, 0.25) is 8.41 Å². The molecule has 2 amide bonds. The highest BCUT2D eigenvalue weighted by Gasteiger charge is 2.66. The first-order valence-electron chi connectivity index (χ1n) is 16.9. The van der Waals surface area contributed by atoms with E-state index in [1.807, 2.05) is 30.3 Å². The van der Waals surface area contributed by atoms with Crippen molar-refractivity contribution in [1.82, 2.24) is 15.0 Å². The van der Waals surface area contributed by atoms with Gasteiger partial charge < -0.3 is 29.3 Å². The highest BCUT2D eigenvalue weighted by molar-refractivity contribution is 6.72. The highest BCUT2D eigenvalue weighted by atomic mass is 28.4. The Labute approximate surface area is 295 Å². The number of benzene rings is 3. The van der Waals surface area contributed by atoms with E-state index in [4.69, 9.17) is 4.74 Å². The summed E-state index contributed by atoms with van der Waals surface area (Å²) in [6.07, 6.45) is 0.146. The van der Waals surface area contributed by atoms with Crippen LogP contribution in [0.4, 0.5) is 21.2 Å². The maximum atomic E-state index is 16.4. The average molecular weight is 717 g/mol. The van der Waals surface area contributed by atoms with Crippen molar-refractivity contribution in [3.05, 3.63) is 111 Å². The summed E-state index contributed by atoms with van der Waals surface area (Å²) in [6.45, 7) is 6.56. The van der Waals surface area contributed by atoms with Crippen LogP contribution in [0, 0.1) is 16.0 Å². The van der Waals surface area contributed by atoms with Crippen LogP contribution in [0.25, 0.3) is 0 Å². The molecule has 1 unspecified atom stereocenters. The number of aromatic nitrogens is 3. The Hall–Kier alpha value is -4.83. The normalized spacial score (nSPS) is 22.6. The molecule has 1 fully saturated rings. The molecule has 6 rings (SSSR count). The maximum Gasteiger partial charge on any atom is 0.269 e. The minimum Gasteiger partial charge on any atom is -0.395 e. The fourth-order valence-corrected chi connectivity index (χ4v) is 10.1. The zero-order valence-electron chi connectivity index (χ0n) is 28.8. The van der Waals surface area contributed by atoms with Crippen molar-refractivity contribution >= 4 is 37.3 Å². The molecule has 3 aromatic carbocycles. The van der Waals surface area contributed by atoms with Gasteiger partial charge >= 0.3 is 0 Å². The molecule has 1 spiro atoms. The molecular weight excluding hydrogens is 676 g/mol. The summed E-state index contributed by atoms with van der Waals surface area (Å²) in [7, 11) is -3.52. The number of ether oxygens (including phenoxy) is 1. The average Bonchev–Trinajstić information content (AvgIpc) is 3.75. The minimum absolute atomic E-state index is 0.0903. The Balaban J connectivity index is 1.30. The van der Waals surface area contributed by atoms with Gasteiger partial charge in [-0.1, -0.05) is 54.6 Å². The van der Waals surface area contributed by atoms with Crippen molar-refractivity contribution in [2.24, 2.45) is 5.92 Å². The number of amides is 2. The number of nitro groups is 1. The second kappa shape index (κ2) is 14.1. The molecule has 13 nitrogen and oxygen atoms in total. The van der Waals surface area contributed by atoms with Crippen LogP contribution < -0.4 is 10.2 Å². The van der Waals surface area contributed by atoms with Gasteiger partial charge in [0.25, 0.3) is 17.5 Å². The largest absolute Gasteiger partial charge is 0.395 e. The highest BCUT2D eigenvalue weighted by Crippen LogP contribution is 2.60. The molecule has 0 saturated carbocycles. The van der Waals surface area contributed by atoms with E-state index in [9.17, 15) is 29.9 Å². The first-order valence-corrected chi connectivity index (χ1v) is 19.8. The zero-order chi connectivity index (χ0) is 36.7. The Morgan fingerprint density at radius 3 is 2.49 bits per heavy atom. The van der Waals surface area contributed by atoms with Crippen molar-refractivity contribution in [2.75, 3.05) is 16.8 Å². The molecular formula is C36H41FN6O7Si. The third-order valence-corrected chi connectivity index (χ3v) is 12.5. The summed E-state index contributed by atoms with van der Waals surface area (Å²) < 4.78 is 24.7. The lowest BCUT2D eigenvalue weighted by Gasteiger charge is -2.31. The van der Waals surface area contributed by atoms with Crippen molar-refractivity contribution in [3.8, 4) is 0 Å². The Bertz CT molecular complexity index is 1920. The first kappa shape index (κ1) is 36.0. The molecule has 1 saturated heterocycles. The second-order valence-corrected chi connectivity index (χ2v) is 17.6. The Morgan fingerprint density at radius 1 is 1.16 bits per heavy atom. The number of rotatable bonds is 12. The maximum absolute atomic E-state index is 16.4. The monoisotopic (exact) mass is 716 g/mol. The number of nitrogens with one attached hydrogen (secondary N) is 1. The molecule has 6 atom stereocenters. The van der Waals surface area contributed by atoms with Crippen LogP contribution in [0.5, 0.6) is 0 Å². The predicted octanol–water partition coefficient (Wildman–Crippen LogP) is 5.04. The number of aliphatic hydroxyl groups excluding tert-OH is 2. The van der Waals surface area contributed by atoms with Crippen LogP contribution in [0.2, 0.25) is 18.6 Å². The Kier molecular flexibility index (Phi) is 9.92.